The van der Waals surface area contributed by atoms with Crippen LogP contribution in [0.2, 0.25) is 0 Å². The van der Waals surface area contributed by atoms with Crippen LogP contribution in [0.5, 0.6) is 0 Å². The van der Waals surface area contributed by atoms with Crippen LogP contribution in [-0.2, 0) is 28.9 Å². The zero-order chi connectivity index (χ0) is 21.9. The van der Waals surface area contributed by atoms with Gasteiger partial charge in [-0.15, -0.1) is 0 Å². The summed E-state index contributed by atoms with van der Waals surface area (Å²) >= 11 is 0. The van der Waals surface area contributed by atoms with E-state index >= 15 is 0 Å². The molecule has 0 aliphatic heterocycles. The third-order valence-corrected chi connectivity index (χ3v) is 6.43. The van der Waals surface area contributed by atoms with Gasteiger partial charge in [0.25, 0.3) is 5.91 Å². The summed E-state index contributed by atoms with van der Waals surface area (Å²) < 4.78 is 30.1. The minimum Gasteiger partial charge on any atom is -0.350 e. The number of fused-ring (bicyclic) bond motifs is 1. The van der Waals surface area contributed by atoms with Crippen LogP contribution in [0.3, 0.4) is 0 Å². The molecule has 160 valence electrons. The van der Waals surface area contributed by atoms with Crippen molar-refractivity contribution in [1.82, 2.24) is 19.1 Å². The van der Waals surface area contributed by atoms with E-state index in [1.807, 2.05) is 46.3 Å². The van der Waals surface area contributed by atoms with Crippen LogP contribution in [0.4, 0.5) is 0 Å². The number of amides is 1. The highest BCUT2D eigenvalue weighted by molar-refractivity contribution is 7.90. The fourth-order valence-electron chi connectivity index (χ4n) is 3.66. The maximum Gasteiger partial charge on any atom is 0.257 e. The van der Waals surface area contributed by atoms with E-state index in [-0.39, 0.29) is 5.75 Å². The maximum atomic E-state index is 12.2. The zero-order valence-corrected chi connectivity index (χ0v) is 18.7. The summed E-state index contributed by atoms with van der Waals surface area (Å²) in [5, 5.41) is 5.60. The van der Waals surface area contributed by atoms with E-state index in [9.17, 15) is 13.2 Å². The molecule has 0 unspecified atom stereocenters. The summed E-state index contributed by atoms with van der Waals surface area (Å²) in [4.78, 5) is 12.2. The van der Waals surface area contributed by atoms with Crippen molar-refractivity contribution in [2.45, 2.75) is 33.1 Å². The summed E-state index contributed by atoms with van der Waals surface area (Å²) in [5.41, 5.74) is 4.52. The fourth-order valence-corrected chi connectivity index (χ4v) is 4.72. The SMILES string of the molecule is CCCCCS(=O)(=O)NC(=O)C=Cc1c(C)nn(C)c1-c1cn(C)c2ccccc12. The number of para-hydroxylation sites is 1. The van der Waals surface area contributed by atoms with Crippen molar-refractivity contribution >= 4 is 32.9 Å². The molecule has 3 aromatic rings. The molecule has 0 radical (unpaired) electrons. The summed E-state index contributed by atoms with van der Waals surface area (Å²) in [6.07, 6.45) is 7.20. The Balaban J connectivity index is 1.90. The standard InChI is InChI=1S/C22H28N4O3S/c1-5-6-9-14-30(28,29)24-21(27)13-12-17-16(2)23-26(4)22(17)19-15-25(3)20-11-8-7-10-18(19)20/h7-8,10-13,15H,5-6,9,14H2,1-4H3,(H,24,27). The van der Waals surface area contributed by atoms with Crippen molar-refractivity contribution in [3.8, 4) is 11.3 Å². The van der Waals surface area contributed by atoms with E-state index < -0.39 is 15.9 Å². The highest BCUT2D eigenvalue weighted by Crippen LogP contribution is 2.33. The van der Waals surface area contributed by atoms with Crippen LogP contribution in [0, 0.1) is 6.92 Å². The predicted molar refractivity (Wildman–Crippen MR) is 120 cm³/mol. The maximum absolute atomic E-state index is 12.2. The molecule has 0 bridgehead atoms. The van der Waals surface area contributed by atoms with Crippen molar-refractivity contribution < 1.29 is 13.2 Å². The number of aromatic nitrogens is 3. The molecule has 0 saturated carbocycles. The number of carbonyl (C=O) groups is 1. The second kappa shape index (κ2) is 8.87. The molecule has 0 atom stereocenters. The number of hydrogen-bond acceptors (Lipinski definition) is 4. The van der Waals surface area contributed by atoms with E-state index in [2.05, 4.69) is 26.5 Å². The van der Waals surface area contributed by atoms with Gasteiger partial charge in [-0.05, 0) is 25.5 Å². The topological polar surface area (TPSA) is 86.0 Å². The quantitative estimate of drug-likeness (QED) is 0.439. The van der Waals surface area contributed by atoms with Gasteiger partial charge in [0.2, 0.25) is 10.0 Å². The summed E-state index contributed by atoms with van der Waals surface area (Å²) in [7, 11) is 0.223. The third-order valence-electron chi connectivity index (χ3n) is 5.09. The molecule has 0 fully saturated rings. The van der Waals surface area contributed by atoms with E-state index in [1.165, 1.54) is 6.08 Å². The number of hydrogen-bond donors (Lipinski definition) is 1. The largest absolute Gasteiger partial charge is 0.350 e. The molecule has 0 aliphatic carbocycles. The fraction of sp³-hybridized carbons (Fsp3) is 0.364. The summed E-state index contributed by atoms with van der Waals surface area (Å²) in [6.45, 7) is 3.87. The van der Waals surface area contributed by atoms with Crippen LogP contribution in [-0.4, -0.2) is 34.4 Å². The van der Waals surface area contributed by atoms with Crippen LogP contribution in [0.25, 0.3) is 28.2 Å². The first-order valence-corrected chi connectivity index (χ1v) is 11.7. The van der Waals surface area contributed by atoms with Crippen molar-refractivity contribution in [1.29, 1.82) is 0 Å². The van der Waals surface area contributed by atoms with Gasteiger partial charge in [-0.3, -0.25) is 9.48 Å². The number of unbranched alkanes of at least 4 members (excludes halogenated alkanes) is 2. The Labute approximate surface area is 177 Å². The van der Waals surface area contributed by atoms with Gasteiger partial charge in [0.05, 0.1) is 17.1 Å². The number of benzene rings is 1. The molecule has 30 heavy (non-hydrogen) atoms. The lowest BCUT2D eigenvalue weighted by molar-refractivity contribution is -0.114. The first kappa shape index (κ1) is 21.8. The van der Waals surface area contributed by atoms with E-state index in [1.54, 1.807) is 10.8 Å². The lowest BCUT2D eigenvalue weighted by Crippen LogP contribution is -2.31. The van der Waals surface area contributed by atoms with Crippen molar-refractivity contribution in [3.05, 3.63) is 47.8 Å². The van der Waals surface area contributed by atoms with Crippen molar-refractivity contribution in [3.63, 3.8) is 0 Å². The molecule has 1 N–H and O–H groups in total. The minimum absolute atomic E-state index is 0.0480. The van der Waals surface area contributed by atoms with Crippen LogP contribution in [0.1, 0.15) is 37.4 Å². The lowest BCUT2D eigenvalue weighted by atomic mass is 10.0. The molecule has 0 saturated heterocycles. The van der Waals surface area contributed by atoms with Crippen LogP contribution >= 0.6 is 0 Å². The summed E-state index contributed by atoms with van der Waals surface area (Å²) in [5.74, 6) is -0.702. The van der Waals surface area contributed by atoms with Crippen LogP contribution in [0.15, 0.2) is 36.5 Å². The van der Waals surface area contributed by atoms with E-state index in [0.29, 0.717) is 6.42 Å². The zero-order valence-electron chi connectivity index (χ0n) is 17.8. The normalized spacial score (nSPS) is 12.1. The number of aryl methyl sites for hydroxylation is 3. The van der Waals surface area contributed by atoms with E-state index in [0.717, 1.165) is 46.3 Å². The third kappa shape index (κ3) is 4.64. The molecule has 1 aromatic carbocycles. The first-order valence-electron chi connectivity index (χ1n) is 10.0. The molecule has 7 nitrogen and oxygen atoms in total. The minimum atomic E-state index is -3.63. The Morgan fingerprint density at radius 2 is 1.93 bits per heavy atom. The summed E-state index contributed by atoms with van der Waals surface area (Å²) in [6, 6.07) is 8.08. The molecular formula is C22H28N4O3S. The predicted octanol–water partition coefficient (Wildman–Crippen LogP) is 3.54. The molecule has 3 rings (SSSR count). The molecule has 8 heteroatoms. The Morgan fingerprint density at radius 3 is 2.67 bits per heavy atom. The second-order valence-corrected chi connectivity index (χ2v) is 9.31. The molecule has 0 aliphatic rings. The van der Waals surface area contributed by atoms with Crippen molar-refractivity contribution in [2.24, 2.45) is 14.1 Å². The monoisotopic (exact) mass is 428 g/mol. The average Bonchev–Trinajstić information content (AvgIpc) is 3.15. The Morgan fingerprint density at radius 1 is 1.20 bits per heavy atom. The van der Waals surface area contributed by atoms with Gasteiger partial charge in [-0.2, -0.15) is 5.10 Å². The van der Waals surface area contributed by atoms with Gasteiger partial charge in [0.1, 0.15) is 0 Å². The van der Waals surface area contributed by atoms with Gasteiger partial charge in [0, 0.05) is 48.4 Å². The van der Waals surface area contributed by atoms with Gasteiger partial charge in [-0.1, -0.05) is 38.0 Å². The number of nitrogens with one attached hydrogen (secondary N) is 1. The molecule has 0 spiro atoms. The molecule has 1 amide bonds. The Bertz CT molecular complexity index is 1200. The van der Waals surface area contributed by atoms with Gasteiger partial charge >= 0.3 is 0 Å². The average molecular weight is 429 g/mol. The van der Waals surface area contributed by atoms with Crippen LogP contribution < -0.4 is 4.72 Å². The highest BCUT2D eigenvalue weighted by atomic mass is 32.2. The molecular weight excluding hydrogens is 400 g/mol. The number of carbonyl (C=O) groups excluding carboxylic acids is 1. The number of rotatable bonds is 8. The second-order valence-electron chi connectivity index (χ2n) is 7.47. The van der Waals surface area contributed by atoms with Crippen molar-refractivity contribution in [2.75, 3.05) is 5.75 Å². The number of sulfonamides is 1. The van der Waals surface area contributed by atoms with Gasteiger partial charge < -0.3 is 4.57 Å². The Kier molecular flexibility index (Phi) is 6.45. The first-order chi connectivity index (χ1) is 14.2. The highest BCUT2D eigenvalue weighted by Gasteiger charge is 2.18. The Hall–Kier alpha value is -2.87. The lowest BCUT2D eigenvalue weighted by Gasteiger charge is -2.05. The number of nitrogens with zero attached hydrogens (tertiary/aromatic N) is 3. The molecule has 2 aromatic heterocycles. The smallest absolute Gasteiger partial charge is 0.257 e. The van der Waals surface area contributed by atoms with Gasteiger partial charge in [-0.25, -0.2) is 13.1 Å². The molecule has 2 heterocycles. The van der Waals surface area contributed by atoms with E-state index in [4.69, 9.17) is 0 Å². The van der Waals surface area contributed by atoms with Gasteiger partial charge in [0.15, 0.2) is 0 Å².